The van der Waals surface area contributed by atoms with E-state index >= 15 is 0 Å². The van der Waals surface area contributed by atoms with Crippen LogP contribution in [-0.2, 0) is 12.8 Å². The zero-order chi connectivity index (χ0) is 16.6. The van der Waals surface area contributed by atoms with Crippen LogP contribution in [0, 0.1) is 0 Å². The molecule has 0 spiro atoms. The normalized spacial score (nSPS) is 10.4. The summed E-state index contributed by atoms with van der Waals surface area (Å²) < 4.78 is 0. The molecule has 3 aromatic rings. The Balaban J connectivity index is 1.61. The van der Waals surface area contributed by atoms with Gasteiger partial charge in [0.05, 0.1) is 0 Å². The van der Waals surface area contributed by atoms with Crippen molar-refractivity contribution in [1.82, 2.24) is 9.97 Å². The molecule has 0 aliphatic heterocycles. The van der Waals surface area contributed by atoms with Gasteiger partial charge in [-0.2, -0.15) is 4.98 Å². The lowest BCUT2D eigenvalue weighted by atomic mass is 10.1. The van der Waals surface area contributed by atoms with E-state index in [4.69, 9.17) is 0 Å². The van der Waals surface area contributed by atoms with Crippen molar-refractivity contribution < 1.29 is 0 Å². The van der Waals surface area contributed by atoms with Crippen molar-refractivity contribution in [2.24, 2.45) is 0 Å². The van der Waals surface area contributed by atoms with E-state index in [9.17, 15) is 0 Å². The minimum absolute atomic E-state index is 0.643. The number of nitrogens with zero attached hydrogens (tertiary/aromatic N) is 2. The summed E-state index contributed by atoms with van der Waals surface area (Å²) in [4.78, 5) is 8.83. The smallest absolute Gasteiger partial charge is 0.224 e. The Bertz CT molecular complexity index is 771. The molecule has 24 heavy (non-hydrogen) atoms. The fraction of sp³-hybridized carbons (Fsp3) is 0.200. The largest absolute Gasteiger partial charge is 0.354 e. The fourth-order valence-corrected chi connectivity index (χ4v) is 2.57. The van der Waals surface area contributed by atoms with Gasteiger partial charge in [0.25, 0.3) is 0 Å². The molecule has 2 aromatic carbocycles. The van der Waals surface area contributed by atoms with Crippen LogP contribution in [0.5, 0.6) is 0 Å². The van der Waals surface area contributed by atoms with Gasteiger partial charge >= 0.3 is 0 Å². The highest BCUT2D eigenvalue weighted by atomic mass is 15.1. The van der Waals surface area contributed by atoms with E-state index in [1.807, 2.05) is 18.2 Å². The predicted octanol–water partition coefficient (Wildman–Crippen LogP) is 4.44. The van der Waals surface area contributed by atoms with Gasteiger partial charge in [-0.05, 0) is 36.1 Å². The first-order valence-electron chi connectivity index (χ1n) is 8.31. The minimum Gasteiger partial charge on any atom is -0.354 e. The lowest BCUT2D eigenvalue weighted by Crippen LogP contribution is -2.08. The van der Waals surface area contributed by atoms with Crippen LogP contribution in [0.25, 0.3) is 0 Å². The molecular formula is C20H22N4. The molecule has 0 radical (unpaired) electrons. The van der Waals surface area contributed by atoms with E-state index in [0.29, 0.717) is 5.95 Å². The van der Waals surface area contributed by atoms with Crippen molar-refractivity contribution in [2.45, 2.75) is 19.8 Å². The summed E-state index contributed by atoms with van der Waals surface area (Å²) in [5.41, 5.74) is 3.67. The summed E-state index contributed by atoms with van der Waals surface area (Å²) in [6.07, 6.45) is 3.70. The number of para-hydroxylation sites is 1. The van der Waals surface area contributed by atoms with Crippen molar-refractivity contribution >= 4 is 17.5 Å². The monoisotopic (exact) mass is 318 g/mol. The van der Waals surface area contributed by atoms with Crippen LogP contribution in [-0.4, -0.2) is 16.5 Å². The number of hydrogen-bond donors (Lipinski definition) is 2. The van der Waals surface area contributed by atoms with Crippen LogP contribution in [0.4, 0.5) is 17.5 Å². The third-order valence-corrected chi connectivity index (χ3v) is 3.86. The van der Waals surface area contributed by atoms with Crippen LogP contribution in [0.2, 0.25) is 0 Å². The SMILES string of the molecule is CCc1ccccc1Nc1ccnc(NCCc2ccccc2)n1. The zero-order valence-corrected chi connectivity index (χ0v) is 13.9. The van der Waals surface area contributed by atoms with Crippen molar-refractivity contribution in [3.63, 3.8) is 0 Å². The molecule has 122 valence electrons. The summed E-state index contributed by atoms with van der Waals surface area (Å²) >= 11 is 0. The average Bonchev–Trinajstić information content (AvgIpc) is 2.63. The second-order valence-corrected chi connectivity index (χ2v) is 5.56. The molecule has 1 heterocycles. The number of benzene rings is 2. The molecule has 0 amide bonds. The third-order valence-electron chi connectivity index (χ3n) is 3.86. The Hall–Kier alpha value is -2.88. The zero-order valence-electron chi connectivity index (χ0n) is 13.9. The highest BCUT2D eigenvalue weighted by Gasteiger charge is 2.03. The molecule has 0 aliphatic rings. The fourth-order valence-electron chi connectivity index (χ4n) is 2.57. The van der Waals surface area contributed by atoms with Crippen LogP contribution in [0.15, 0.2) is 66.9 Å². The molecule has 2 N–H and O–H groups in total. The van der Waals surface area contributed by atoms with Gasteiger partial charge < -0.3 is 10.6 Å². The molecule has 1 aromatic heterocycles. The molecule has 4 heteroatoms. The predicted molar refractivity (Wildman–Crippen MR) is 99.8 cm³/mol. The van der Waals surface area contributed by atoms with Gasteiger partial charge in [-0.1, -0.05) is 55.5 Å². The van der Waals surface area contributed by atoms with E-state index < -0.39 is 0 Å². The number of anilines is 3. The highest BCUT2D eigenvalue weighted by Crippen LogP contribution is 2.20. The number of aromatic nitrogens is 2. The number of rotatable bonds is 7. The first-order valence-corrected chi connectivity index (χ1v) is 8.31. The Morgan fingerprint density at radius 3 is 2.54 bits per heavy atom. The topological polar surface area (TPSA) is 49.8 Å². The Labute approximate surface area is 143 Å². The summed E-state index contributed by atoms with van der Waals surface area (Å²) in [7, 11) is 0. The summed E-state index contributed by atoms with van der Waals surface area (Å²) in [5.74, 6) is 1.44. The lowest BCUT2D eigenvalue weighted by Gasteiger charge is -2.11. The van der Waals surface area contributed by atoms with Gasteiger partial charge in [0.1, 0.15) is 5.82 Å². The first kappa shape index (κ1) is 16.0. The molecule has 0 aliphatic carbocycles. The van der Waals surface area contributed by atoms with Gasteiger partial charge in [0, 0.05) is 18.4 Å². The molecule has 0 saturated heterocycles. The number of hydrogen-bond acceptors (Lipinski definition) is 4. The van der Waals surface area contributed by atoms with E-state index in [1.54, 1.807) is 6.20 Å². The molecule has 0 atom stereocenters. The highest BCUT2D eigenvalue weighted by molar-refractivity contribution is 5.61. The van der Waals surface area contributed by atoms with Gasteiger partial charge in [0.15, 0.2) is 0 Å². The second-order valence-electron chi connectivity index (χ2n) is 5.56. The second kappa shape index (κ2) is 8.11. The first-order chi connectivity index (χ1) is 11.8. The van der Waals surface area contributed by atoms with Gasteiger partial charge in [0.2, 0.25) is 5.95 Å². The van der Waals surface area contributed by atoms with Crippen LogP contribution in [0.3, 0.4) is 0 Å². The Morgan fingerprint density at radius 1 is 0.917 bits per heavy atom. The van der Waals surface area contributed by atoms with Crippen LogP contribution >= 0.6 is 0 Å². The quantitative estimate of drug-likeness (QED) is 0.676. The molecule has 0 bridgehead atoms. The average molecular weight is 318 g/mol. The van der Waals surface area contributed by atoms with Crippen LogP contribution in [0.1, 0.15) is 18.1 Å². The van der Waals surface area contributed by atoms with Crippen molar-refractivity contribution in [2.75, 3.05) is 17.2 Å². The van der Waals surface area contributed by atoms with Crippen molar-refractivity contribution in [1.29, 1.82) is 0 Å². The maximum absolute atomic E-state index is 4.54. The minimum atomic E-state index is 0.643. The standard InChI is InChI=1S/C20H22N4/c1-2-17-10-6-7-11-18(17)23-19-13-15-22-20(24-19)21-14-12-16-8-4-3-5-9-16/h3-11,13,15H,2,12,14H2,1H3,(H2,21,22,23,24). The van der Waals surface area contributed by atoms with Crippen LogP contribution < -0.4 is 10.6 Å². The maximum Gasteiger partial charge on any atom is 0.224 e. The summed E-state index contributed by atoms with van der Waals surface area (Å²) in [5, 5.41) is 6.67. The maximum atomic E-state index is 4.54. The summed E-state index contributed by atoms with van der Waals surface area (Å²) in [6, 6.07) is 20.6. The van der Waals surface area contributed by atoms with Gasteiger partial charge in [-0.3, -0.25) is 0 Å². The Morgan fingerprint density at radius 2 is 1.71 bits per heavy atom. The molecular weight excluding hydrogens is 296 g/mol. The van der Waals surface area contributed by atoms with E-state index in [1.165, 1.54) is 11.1 Å². The van der Waals surface area contributed by atoms with Crippen molar-refractivity contribution in [3.05, 3.63) is 78.0 Å². The number of nitrogens with one attached hydrogen (secondary N) is 2. The molecule has 0 fully saturated rings. The van der Waals surface area contributed by atoms with Crippen molar-refractivity contribution in [3.8, 4) is 0 Å². The molecule has 4 nitrogen and oxygen atoms in total. The molecule has 0 saturated carbocycles. The van der Waals surface area contributed by atoms with E-state index in [-0.39, 0.29) is 0 Å². The van der Waals surface area contributed by atoms with E-state index in [2.05, 4.69) is 70.0 Å². The molecule has 0 unspecified atom stereocenters. The van der Waals surface area contributed by atoms with Gasteiger partial charge in [-0.15, -0.1) is 0 Å². The number of aryl methyl sites for hydroxylation is 1. The Kier molecular flexibility index (Phi) is 5.40. The lowest BCUT2D eigenvalue weighted by molar-refractivity contribution is 0.984. The summed E-state index contributed by atoms with van der Waals surface area (Å²) in [6.45, 7) is 2.95. The van der Waals surface area contributed by atoms with Gasteiger partial charge in [-0.25, -0.2) is 4.98 Å². The van der Waals surface area contributed by atoms with E-state index in [0.717, 1.165) is 30.9 Å². The third kappa shape index (κ3) is 4.32. The molecule has 3 rings (SSSR count).